The van der Waals surface area contributed by atoms with Gasteiger partial charge in [0.2, 0.25) is 5.91 Å². The van der Waals surface area contributed by atoms with Gasteiger partial charge in [-0.15, -0.1) is 0 Å². The molecule has 1 heterocycles. The van der Waals surface area contributed by atoms with Crippen LogP contribution in [0.25, 0.3) is 5.69 Å². The molecule has 46 heavy (non-hydrogen) atoms. The SMILES string of the molecule is CCOc1ccc(-n2c(C(C)N(CCS(=O)(=O)CC)C(=O)Cc3ccc(F)c(C(F)(F)F)c3)nc3c(c2=O)CCC(C)(C)C3)cc1. The molecule has 1 amide bonds. The molecule has 0 radical (unpaired) electrons. The summed E-state index contributed by atoms with van der Waals surface area (Å²) in [5.74, 6) is -2.00. The number of carbonyl (C=O) groups excluding carboxylic acids is 1. The summed E-state index contributed by atoms with van der Waals surface area (Å²) in [7, 11) is -3.57. The second kappa shape index (κ2) is 13.5. The van der Waals surface area contributed by atoms with Crippen LogP contribution in [0.3, 0.4) is 0 Å². The van der Waals surface area contributed by atoms with E-state index in [2.05, 4.69) is 13.8 Å². The standard InChI is InChI=1S/C33H39F4N3O5S/c1-6-45-24-11-9-23(10-12-24)40-30(38-28-20-32(4,5)15-14-25(28)31(40)42)21(3)39(16-17-46(43,44)7-2)29(41)19-22-8-13-27(34)26(18-22)33(35,36)37/h8-13,18,21H,6-7,14-17,19-20H2,1-5H3. The Bertz CT molecular complexity index is 1750. The molecule has 3 aromatic rings. The van der Waals surface area contributed by atoms with Crippen molar-refractivity contribution in [1.82, 2.24) is 14.5 Å². The van der Waals surface area contributed by atoms with Gasteiger partial charge in [0.1, 0.15) is 17.4 Å². The van der Waals surface area contributed by atoms with Crippen molar-refractivity contribution in [1.29, 1.82) is 0 Å². The first-order valence-corrected chi connectivity index (χ1v) is 17.0. The normalized spacial score (nSPS) is 15.2. The summed E-state index contributed by atoms with van der Waals surface area (Å²) < 4.78 is 86.3. The fourth-order valence-electron chi connectivity index (χ4n) is 5.64. The lowest BCUT2D eigenvalue weighted by atomic mass is 9.76. The molecule has 1 aliphatic rings. The summed E-state index contributed by atoms with van der Waals surface area (Å²) in [6.45, 7) is 9.20. The Morgan fingerprint density at radius 1 is 1.13 bits per heavy atom. The molecule has 1 unspecified atom stereocenters. The summed E-state index contributed by atoms with van der Waals surface area (Å²) >= 11 is 0. The third kappa shape index (κ3) is 7.97. The van der Waals surface area contributed by atoms with Gasteiger partial charge >= 0.3 is 6.18 Å². The second-order valence-electron chi connectivity index (χ2n) is 12.3. The smallest absolute Gasteiger partial charge is 0.419 e. The Balaban J connectivity index is 1.84. The number of rotatable bonds is 11. The van der Waals surface area contributed by atoms with Crippen molar-refractivity contribution in [2.45, 2.75) is 72.5 Å². The van der Waals surface area contributed by atoms with Crippen molar-refractivity contribution in [3.63, 3.8) is 0 Å². The number of amides is 1. The first-order valence-electron chi connectivity index (χ1n) is 15.2. The van der Waals surface area contributed by atoms with Crippen molar-refractivity contribution in [2.24, 2.45) is 5.41 Å². The fourth-order valence-corrected chi connectivity index (χ4v) is 6.40. The number of alkyl halides is 3. The van der Waals surface area contributed by atoms with Gasteiger partial charge in [-0.3, -0.25) is 14.2 Å². The van der Waals surface area contributed by atoms with Crippen LogP contribution in [0.4, 0.5) is 17.6 Å². The molecule has 1 aromatic heterocycles. The largest absolute Gasteiger partial charge is 0.494 e. The minimum Gasteiger partial charge on any atom is -0.494 e. The van der Waals surface area contributed by atoms with E-state index in [1.807, 2.05) is 6.92 Å². The van der Waals surface area contributed by atoms with E-state index in [0.717, 1.165) is 12.5 Å². The Kier molecular flexibility index (Phi) is 10.3. The fraction of sp³-hybridized carbons (Fsp3) is 0.485. The van der Waals surface area contributed by atoms with Crippen LogP contribution in [0.15, 0.2) is 47.3 Å². The molecule has 4 rings (SSSR count). The molecule has 0 saturated heterocycles. The zero-order chi connectivity index (χ0) is 34.0. The van der Waals surface area contributed by atoms with Gasteiger partial charge in [-0.05, 0) is 80.5 Å². The van der Waals surface area contributed by atoms with Crippen LogP contribution >= 0.6 is 0 Å². The number of ether oxygens (including phenoxy) is 1. The maximum Gasteiger partial charge on any atom is 0.419 e. The van der Waals surface area contributed by atoms with E-state index in [1.54, 1.807) is 31.2 Å². The lowest BCUT2D eigenvalue weighted by molar-refractivity contribution is -0.140. The number of nitrogens with zero attached hydrogens (tertiary/aromatic N) is 3. The molecule has 0 saturated carbocycles. The summed E-state index contributed by atoms with van der Waals surface area (Å²) in [4.78, 5) is 34.1. The van der Waals surface area contributed by atoms with E-state index in [1.165, 1.54) is 16.4 Å². The van der Waals surface area contributed by atoms with Gasteiger partial charge in [-0.2, -0.15) is 13.2 Å². The number of aromatic nitrogens is 2. The van der Waals surface area contributed by atoms with E-state index in [9.17, 15) is 35.6 Å². The number of sulfone groups is 1. The highest BCUT2D eigenvalue weighted by atomic mass is 32.2. The van der Waals surface area contributed by atoms with Gasteiger partial charge in [0, 0.05) is 17.9 Å². The van der Waals surface area contributed by atoms with E-state index in [-0.39, 0.29) is 34.7 Å². The Morgan fingerprint density at radius 2 is 1.80 bits per heavy atom. The zero-order valence-electron chi connectivity index (χ0n) is 26.6. The molecular formula is C33H39F4N3O5S. The summed E-state index contributed by atoms with van der Waals surface area (Å²) in [5, 5.41) is 0. The minimum absolute atomic E-state index is 0.0988. The molecule has 8 nitrogen and oxygen atoms in total. The Labute approximate surface area is 266 Å². The van der Waals surface area contributed by atoms with Crippen LogP contribution in [0.1, 0.15) is 75.3 Å². The average Bonchev–Trinajstić information content (AvgIpc) is 2.97. The van der Waals surface area contributed by atoms with Crippen molar-refractivity contribution < 1.29 is 35.5 Å². The zero-order valence-corrected chi connectivity index (χ0v) is 27.4. The maximum absolute atomic E-state index is 14.1. The molecule has 0 spiro atoms. The Morgan fingerprint density at radius 3 is 2.41 bits per heavy atom. The highest BCUT2D eigenvalue weighted by molar-refractivity contribution is 7.91. The van der Waals surface area contributed by atoms with Crippen LogP contribution in [0.2, 0.25) is 0 Å². The molecule has 1 atom stereocenters. The number of hydrogen-bond donors (Lipinski definition) is 0. The molecule has 0 N–H and O–H groups in total. The summed E-state index contributed by atoms with van der Waals surface area (Å²) in [6.07, 6.45) is -3.75. The van der Waals surface area contributed by atoms with Gasteiger partial charge in [0.05, 0.1) is 41.8 Å². The third-order valence-corrected chi connectivity index (χ3v) is 10.0. The molecule has 0 fully saturated rings. The topological polar surface area (TPSA) is 98.6 Å². The van der Waals surface area contributed by atoms with Crippen molar-refractivity contribution >= 4 is 15.7 Å². The van der Waals surface area contributed by atoms with Crippen LogP contribution in [-0.2, 0) is 40.1 Å². The van der Waals surface area contributed by atoms with Gasteiger partial charge in [0.25, 0.3) is 5.56 Å². The lowest BCUT2D eigenvalue weighted by Crippen LogP contribution is -2.42. The van der Waals surface area contributed by atoms with Gasteiger partial charge in [0.15, 0.2) is 9.84 Å². The quantitative estimate of drug-likeness (QED) is 0.238. The van der Waals surface area contributed by atoms with Crippen LogP contribution in [0.5, 0.6) is 5.75 Å². The second-order valence-corrected chi connectivity index (χ2v) is 14.8. The molecule has 2 aromatic carbocycles. The lowest BCUT2D eigenvalue weighted by Gasteiger charge is -2.34. The first kappa shape index (κ1) is 35.1. The predicted octanol–water partition coefficient (Wildman–Crippen LogP) is 5.87. The van der Waals surface area contributed by atoms with Crippen LogP contribution in [-0.4, -0.2) is 53.4 Å². The summed E-state index contributed by atoms with van der Waals surface area (Å²) in [6, 6.07) is 8.12. The van der Waals surface area contributed by atoms with Crippen molar-refractivity contribution in [2.75, 3.05) is 24.7 Å². The van der Waals surface area contributed by atoms with Gasteiger partial charge in [-0.25, -0.2) is 17.8 Å². The number of benzene rings is 2. The molecule has 0 bridgehead atoms. The van der Waals surface area contributed by atoms with E-state index >= 15 is 0 Å². The molecule has 250 valence electrons. The van der Waals surface area contributed by atoms with Gasteiger partial charge < -0.3 is 9.64 Å². The van der Waals surface area contributed by atoms with Gasteiger partial charge in [-0.1, -0.05) is 26.8 Å². The highest BCUT2D eigenvalue weighted by Crippen LogP contribution is 2.35. The molecule has 0 aliphatic heterocycles. The number of halogens is 4. The Hall–Kier alpha value is -3.74. The molecule has 13 heteroatoms. The highest BCUT2D eigenvalue weighted by Gasteiger charge is 2.36. The molecular weight excluding hydrogens is 626 g/mol. The maximum atomic E-state index is 14.1. The van der Waals surface area contributed by atoms with Crippen molar-refractivity contribution in [3.05, 3.63) is 86.8 Å². The number of carbonyl (C=O) groups is 1. The summed E-state index contributed by atoms with van der Waals surface area (Å²) in [5.41, 5.74) is -0.450. The first-order chi connectivity index (χ1) is 21.5. The van der Waals surface area contributed by atoms with E-state index in [4.69, 9.17) is 9.72 Å². The number of fused-ring (bicyclic) bond motifs is 1. The van der Waals surface area contributed by atoms with Crippen LogP contribution < -0.4 is 10.3 Å². The van der Waals surface area contributed by atoms with Crippen LogP contribution in [0, 0.1) is 11.2 Å². The van der Waals surface area contributed by atoms with Crippen molar-refractivity contribution in [3.8, 4) is 11.4 Å². The predicted molar refractivity (Wildman–Crippen MR) is 166 cm³/mol. The van der Waals surface area contributed by atoms with E-state index < -0.39 is 51.5 Å². The average molecular weight is 666 g/mol. The third-order valence-electron chi connectivity index (χ3n) is 8.33. The number of hydrogen-bond acceptors (Lipinski definition) is 6. The minimum atomic E-state index is -4.97. The van der Waals surface area contributed by atoms with E-state index in [0.29, 0.717) is 54.3 Å². The molecule has 1 aliphatic carbocycles. The monoisotopic (exact) mass is 665 g/mol.